The Morgan fingerprint density at radius 2 is 1.86 bits per heavy atom. The number of para-hydroxylation sites is 1. The minimum absolute atomic E-state index is 0.185. The van der Waals surface area contributed by atoms with E-state index in [1.165, 1.54) is 5.56 Å². The molecule has 0 fully saturated rings. The molecule has 5 heteroatoms. The molecule has 1 aliphatic rings. The summed E-state index contributed by atoms with van der Waals surface area (Å²) in [5.74, 6) is 1.18. The molecule has 2 heterocycles. The van der Waals surface area contributed by atoms with Gasteiger partial charge in [-0.25, -0.2) is 9.97 Å². The van der Waals surface area contributed by atoms with Gasteiger partial charge in [0.1, 0.15) is 17.3 Å². The second kappa shape index (κ2) is 7.43. The Hall–Kier alpha value is -3.21. The molecule has 1 atom stereocenters. The Balaban J connectivity index is 1.59. The van der Waals surface area contributed by atoms with Crippen molar-refractivity contribution in [2.45, 2.75) is 39.8 Å². The number of fused-ring (bicyclic) bond motifs is 1. The van der Waals surface area contributed by atoms with Crippen LogP contribution in [0.15, 0.2) is 54.6 Å². The number of benzene rings is 2. The zero-order valence-electron chi connectivity index (χ0n) is 16.4. The molecule has 0 spiro atoms. The number of hydrogen-bond acceptors (Lipinski definition) is 4. The molecule has 0 radical (unpaired) electrons. The third-order valence-corrected chi connectivity index (χ3v) is 5.21. The van der Waals surface area contributed by atoms with Crippen LogP contribution in [-0.4, -0.2) is 21.9 Å². The van der Waals surface area contributed by atoms with Crippen molar-refractivity contribution in [2.24, 2.45) is 0 Å². The fourth-order valence-corrected chi connectivity index (χ4v) is 3.78. The van der Waals surface area contributed by atoms with Crippen LogP contribution in [-0.2, 0) is 13.0 Å². The Bertz CT molecular complexity index is 1030. The summed E-state index contributed by atoms with van der Waals surface area (Å²) in [5.41, 5.74) is 5.11. The summed E-state index contributed by atoms with van der Waals surface area (Å²) in [6.07, 6.45) is 0.966. The quantitative estimate of drug-likeness (QED) is 0.749. The van der Waals surface area contributed by atoms with Crippen LogP contribution in [0.25, 0.3) is 0 Å². The van der Waals surface area contributed by atoms with E-state index in [1.54, 1.807) is 6.07 Å². The molecule has 0 saturated carbocycles. The van der Waals surface area contributed by atoms with Crippen LogP contribution in [0.4, 0.5) is 11.5 Å². The molecule has 4 rings (SSSR count). The number of aromatic nitrogens is 2. The SMILES string of the molecule is Cc1nc(C(=O)NCc2ccccc2C)cc(N2c3ccccc3CC2C)n1. The van der Waals surface area contributed by atoms with E-state index < -0.39 is 0 Å². The van der Waals surface area contributed by atoms with Gasteiger partial charge in [-0.05, 0) is 49.9 Å². The molecule has 1 N–H and O–H groups in total. The van der Waals surface area contributed by atoms with E-state index in [0.717, 1.165) is 29.1 Å². The molecule has 0 saturated heterocycles. The maximum Gasteiger partial charge on any atom is 0.270 e. The summed E-state index contributed by atoms with van der Waals surface area (Å²) in [5, 5.41) is 2.98. The van der Waals surface area contributed by atoms with Gasteiger partial charge >= 0.3 is 0 Å². The molecule has 0 aliphatic carbocycles. The van der Waals surface area contributed by atoms with Crippen LogP contribution in [0, 0.1) is 13.8 Å². The Kier molecular flexibility index (Phi) is 4.82. The second-order valence-electron chi connectivity index (χ2n) is 7.32. The van der Waals surface area contributed by atoms with Crippen LogP contribution in [0.1, 0.15) is 39.9 Å². The standard InChI is InChI=1S/C23H24N4O/c1-15-8-4-5-10-19(15)14-24-23(28)20-13-22(26-17(3)25-20)27-16(2)12-18-9-6-7-11-21(18)27/h4-11,13,16H,12,14H2,1-3H3,(H,24,28). The molecule has 1 unspecified atom stereocenters. The number of amides is 1. The Morgan fingerprint density at radius 1 is 1.11 bits per heavy atom. The number of rotatable bonds is 4. The van der Waals surface area contributed by atoms with E-state index >= 15 is 0 Å². The van der Waals surface area contributed by atoms with Gasteiger partial charge < -0.3 is 10.2 Å². The van der Waals surface area contributed by atoms with Crippen molar-refractivity contribution in [3.8, 4) is 0 Å². The first-order valence-electron chi connectivity index (χ1n) is 9.58. The number of anilines is 2. The largest absolute Gasteiger partial charge is 0.347 e. The summed E-state index contributed by atoms with van der Waals surface area (Å²) >= 11 is 0. The van der Waals surface area contributed by atoms with E-state index in [1.807, 2.05) is 44.2 Å². The Labute approximate surface area is 165 Å². The summed E-state index contributed by atoms with van der Waals surface area (Å²) in [4.78, 5) is 23.9. The summed E-state index contributed by atoms with van der Waals surface area (Å²) in [6.45, 7) is 6.52. The fourth-order valence-electron chi connectivity index (χ4n) is 3.78. The zero-order chi connectivity index (χ0) is 19.7. The van der Waals surface area contributed by atoms with Crippen LogP contribution in [0.5, 0.6) is 0 Å². The van der Waals surface area contributed by atoms with Crippen LogP contribution in [0.2, 0.25) is 0 Å². The van der Waals surface area contributed by atoms with Crippen LogP contribution >= 0.6 is 0 Å². The van der Waals surface area contributed by atoms with Crippen molar-refractivity contribution in [3.05, 3.63) is 82.8 Å². The van der Waals surface area contributed by atoms with Crippen molar-refractivity contribution in [2.75, 3.05) is 4.90 Å². The lowest BCUT2D eigenvalue weighted by Crippen LogP contribution is -2.28. The van der Waals surface area contributed by atoms with Gasteiger partial charge in [-0.3, -0.25) is 4.79 Å². The maximum absolute atomic E-state index is 12.8. The van der Waals surface area contributed by atoms with Gasteiger partial charge in [0.25, 0.3) is 5.91 Å². The van der Waals surface area contributed by atoms with Crippen molar-refractivity contribution >= 4 is 17.4 Å². The molecule has 0 bridgehead atoms. The third kappa shape index (κ3) is 3.48. The first kappa shape index (κ1) is 18.2. The summed E-state index contributed by atoms with van der Waals surface area (Å²) in [7, 11) is 0. The molecule has 2 aromatic carbocycles. The zero-order valence-corrected chi connectivity index (χ0v) is 16.4. The molecular weight excluding hydrogens is 348 g/mol. The maximum atomic E-state index is 12.8. The first-order chi connectivity index (χ1) is 13.5. The van der Waals surface area contributed by atoms with Gasteiger partial charge in [0.2, 0.25) is 0 Å². The highest BCUT2D eigenvalue weighted by Crippen LogP contribution is 2.37. The number of nitrogens with zero attached hydrogens (tertiary/aromatic N) is 3. The van der Waals surface area contributed by atoms with Crippen molar-refractivity contribution in [1.82, 2.24) is 15.3 Å². The average Bonchev–Trinajstić information content (AvgIpc) is 3.02. The molecule has 1 amide bonds. The van der Waals surface area contributed by atoms with Gasteiger partial charge in [0.15, 0.2) is 0 Å². The highest BCUT2D eigenvalue weighted by Gasteiger charge is 2.28. The predicted octanol–water partition coefficient (Wildman–Crippen LogP) is 4.11. The smallest absolute Gasteiger partial charge is 0.270 e. The minimum atomic E-state index is -0.185. The van der Waals surface area contributed by atoms with Gasteiger partial charge in [-0.1, -0.05) is 42.5 Å². The van der Waals surface area contributed by atoms with Gasteiger partial charge in [-0.2, -0.15) is 0 Å². The van der Waals surface area contributed by atoms with E-state index in [4.69, 9.17) is 0 Å². The minimum Gasteiger partial charge on any atom is -0.347 e. The lowest BCUT2D eigenvalue weighted by Gasteiger charge is -2.24. The van der Waals surface area contributed by atoms with E-state index in [9.17, 15) is 4.79 Å². The van der Waals surface area contributed by atoms with E-state index in [2.05, 4.69) is 45.3 Å². The predicted molar refractivity (Wildman–Crippen MR) is 111 cm³/mol. The summed E-state index contributed by atoms with van der Waals surface area (Å²) in [6, 6.07) is 18.5. The van der Waals surface area contributed by atoms with Gasteiger partial charge in [0.05, 0.1) is 0 Å². The fraction of sp³-hybridized carbons (Fsp3) is 0.261. The Morgan fingerprint density at radius 3 is 2.68 bits per heavy atom. The highest BCUT2D eigenvalue weighted by atomic mass is 16.1. The molecule has 5 nitrogen and oxygen atoms in total. The van der Waals surface area contributed by atoms with Crippen LogP contribution < -0.4 is 10.2 Å². The molecular formula is C23H24N4O. The number of hydrogen-bond donors (Lipinski definition) is 1. The van der Waals surface area contributed by atoms with Gasteiger partial charge in [-0.15, -0.1) is 0 Å². The topological polar surface area (TPSA) is 58.1 Å². The average molecular weight is 372 g/mol. The lowest BCUT2D eigenvalue weighted by atomic mass is 10.1. The van der Waals surface area contributed by atoms with E-state index in [0.29, 0.717) is 18.1 Å². The summed E-state index contributed by atoms with van der Waals surface area (Å²) < 4.78 is 0. The lowest BCUT2D eigenvalue weighted by molar-refractivity contribution is 0.0945. The number of carbonyl (C=O) groups excluding carboxylic acids is 1. The highest BCUT2D eigenvalue weighted by molar-refractivity contribution is 5.93. The number of nitrogens with one attached hydrogen (secondary N) is 1. The number of carbonyl (C=O) groups is 1. The molecule has 28 heavy (non-hydrogen) atoms. The third-order valence-electron chi connectivity index (χ3n) is 5.21. The van der Waals surface area contributed by atoms with Crippen molar-refractivity contribution in [3.63, 3.8) is 0 Å². The van der Waals surface area contributed by atoms with Crippen molar-refractivity contribution in [1.29, 1.82) is 0 Å². The van der Waals surface area contributed by atoms with E-state index in [-0.39, 0.29) is 11.9 Å². The first-order valence-corrected chi connectivity index (χ1v) is 9.58. The number of aryl methyl sites for hydroxylation is 2. The van der Waals surface area contributed by atoms with Crippen molar-refractivity contribution < 1.29 is 4.79 Å². The molecule has 1 aromatic heterocycles. The normalized spacial score (nSPS) is 15.4. The second-order valence-corrected chi connectivity index (χ2v) is 7.32. The monoisotopic (exact) mass is 372 g/mol. The van der Waals surface area contributed by atoms with Gasteiger partial charge in [0, 0.05) is 24.3 Å². The van der Waals surface area contributed by atoms with Crippen LogP contribution in [0.3, 0.4) is 0 Å². The molecule has 3 aromatic rings. The molecule has 142 valence electrons. The molecule has 1 aliphatic heterocycles.